The minimum Gasteiger partial charge on any atom is -0.486 e. The van der Waals surface area contributed by atoms with Crippen molar-refractivity contribution in [2.24, 2.45) is 0 Å². The van der Waals surface area contributed by atoms with E-state index >= 15 is 0 Å². The van der Waals surface area contributed by atoms with Crippen LogP contribution in [0.4, 0.5) is 0 Å². The van der Waals surface area contributed by atoms with Gasteiger partial charge in [0.05, 0.1) is 0 Å². The predicted octanol–water partition coefficient (Wildman–Crippen LogP) is 2.00. The molecule has 2 nitrogen and oxygen atoms in total. The van der Waals surface area contributed by atoms with Crippen molar-refractivity contribution in [1.29, 1.82) is 0 Å². The van der Waals surface area contributed by atoms with Gasteiger partial charge < -0.3 is 4.74 Å². The Balaban J connectivity index is 2.58. The van der Waals surface area contributed by atoms with Gasteiger partial charge in [0.15, 0.2) is 6.29 Å². The number of rotatable bonds is 4. The van der Waals surface area contributed by atoms with Crippen LogP contribution >= 0.6 is 11.6 Å². The zero-order valence-electron chi connectivity index (χ0n) is 6.50. The van der Waals surface area contributed by atoms with Crippen molar-refractivity contribution in [3.05, 3.63) is 29.8 Å². The van der Waals surface area contributed by atoms with E-state index in [-0.39, 0.29) is 6.61 Å². The molecule has 0 fully saturated rings. The number of alkyl halides is 1. The standard InChI is InChI=1S/C9H9ClO2/c10-7-8-1-3-9(4-2-8)12-6-5-11/h1-5H,6-7H2. The smallest absolute Gasteiger partial charge is 0.157 e. The summed E-state index contributed by atoms with van der Waals surface area (Å²) >= 11 is 5.59. The first-order valence-electron chi connectivity index (χ1n) is 3.58. The second-order valence-corrected chi connectivity index (χ2v) is 2.52. The van der Waals surface area contributed by atoms with E-state index in [2.05, 4.69) is 0 Å². The molecule has 0 aliphatic rings. The van der Waals surface area contributed by atoms with E-state index in [1.165, 1.54) is 0 Å². The molecule has 0 N–H and O–H groups in total. The second kappa shape index (κ2) is 4.78. The maximum atomic E-state index is 9.96. The lowest BCUT2D eigenvalue weighted by Gasteiger charge is -2.01. The summed E-state index contributed by atoms with van der Waals surface area (Å²) in [7, 11) is 0. The molecule has 1 aromatic carbocycles. The molecular formula is C9H9ClO2. The van der Waals surface area contributed by atoms with E-state index in [0.29, 0.717) is 11.6 Å². The Bertz CT molecular complexity index is 243. The quantitative estimate of drug-likeness (QED) is 0.529. The van der Waals surface area contributed by atoms with Crippen LogP contribution in [0.15, 0.2) is 24.3 Å². The topological polar surface area (TPSA) is 26.3 Å². The monoisotopic (exact) mass is 184 g/mol. The molecule has 12 heavy (non-hydrogen) atoms. The van der Waals surface area contributed by atoms with Crippen LogP contribution in [0.5, 0.6) is 5.75 Å². The molecule has 0 amide bonds. The Kier molecular flexibility index (Phi) is 3.61. The van der Waals surface area contributed by atoms with Gasteiger partial charge in [-0.05, 0) is 17.7 Å². The fourth-order valence-electron chi connectivity index (χ4n) is 0.805. The second-order valence-electron chi connectivity index (χ2n) is 2.26. The first-order valence-corrected chi connectivity index (χ1v) is 4.11. The molecule has 0 atom stereocenters. The van der Waals surface area contributed by atoms with Gasteiger partial charge in [0.2, 0.25) is 0 Å². The highest BCUT2D eigenvalue weighted by atomic mass is 35.5. The minimum absolute atomic E-state index is 0.0974. The Morgan fingerprint density at radius 1 is 1.33 bits per heavy atom. The number of hydrogen-bond donors (Lipinski definition) is 0. The van der Waals surface area contributed by atoms with E-state index in [9.17, 15) is 4.79 Å². The number of hydrogen-bond acceptors (Lipinski definition) is 2. The summed E-state index contributed by atoms with van der Waals surface area (Å²) in [4.78, 5) is 9.96. The van der Waals surface area contributed by atoms with Gasteiger partial charge in [-0.25, -0.2) is 0 Å². The van der Waals surface area contributed by atoms with Gasteiger partial charge in [0.1, 0.15) is 12.4 Å². The number of aldehydes is 1. The summed E-state index contributed by atoms with van der Waals surface area (Å²) in [5, 5.41) is 0. The lowest BCUT2D eigenvalue weighted by Crippen LogP contribution is -1.97. The van der Waals surface area contributed by atoms with Gasteiger partial charge in [-0.2, -0.15) is 0 Å². The van der Waals surface area contributed by atoms with Crippen LogP contribution < -0.4 is 4.74 Å². The van der Waals surface area contributed by atoms with E-state index in [1.807, 2.05) is 12.1 Å². The van der Waals surface area contributed by atoms with Crippen LogP contribution in [0.1, 0.15) is 5.56 Å². The fourth-order valence-corrected chi connectivity index (χ4v) is 0.983. The van der Waals surface area contributed by atoms with Gasteiger partial charge in [-0.1, -0.05) is 12.1 Å². The Morgan fingerprint density at radius 3 is 2.50 bits per heavy atom. The van der Waals surface area contributed by atoms with Crippen LogP contribution in [-0.2, 0) is 10.7 Å². The first kappa shape index (κ1) is 9.07. The Hall–Kier alpha value is -1.02. The van der Waals surface area contributed by atoms with Crippen molar-refractivity contribution < 1.29 is 9.53 Å². The largest absolute Gasteiger partial charge is 0.486 e. The molecule has 0 saturated heterocycles. The number of halogens is 1. The van der Waals surface area contributed by atoms with Crippen LogP contribution in [0.2, 0.25) is 0 Å². The number of benzene rings is 1. The van der Waals surface area contributed by atoms with E-state index in [4.69, 9.17) is 16.3 Å². The highest BCUT2D eigenvalue weighted by Crippen LogP contribution is 2.12. The molecule has 0 aromatic heterocycles. The van der Waals surface area contributed by atoms with Gasteiger partial charge in [0.25, 0.3) is 0 Å². The molecule has 0 radical (unpaired) electrons. The van der Waals surface area contributed by atoms with Crippen molar-refractivity contribution in [2.45, 2.75) is 5.88 Å². The zero-order chi connectivity index (χ0) is 8.81. The lowest BCUT2D eigenvalue weighted by molar-refractivity contribution is -0.109. The van der Waals surface area contributed by atoms with Gasteiger partial charge >= 0.3 is 0 Å². The molecular weight excluding hydrogens is 176 g/mol. The molecule has 1 rings (SSSR count). The average molecular weight is 185 g/mol. The molecule has 0 bridgehead atoms. The van der Waals surface area contributed by atoms with Crippen LogP contribution in [0, 0.1) is 0 Å². The van der Waals surface area contributed by atoms with Crippen LogP contribution in [-0.4, -0.2) is 12.9 Å². The molecule has 0 aliphatic heterocycles. The highest BCUT2D eigenvalue weighted by Gasteiger charge is 1.92. The predicted molar refractivity (Wildman–Crippen MR) is 47.6 cm³/mol. The van der Waals surface area contributed by atoms with Crippen molar-refractivity contribution in [1.82, 2.24) is 0 Å². The molecule has 0 unspecified atom stereocenters. The SMILES string of the molecule is O=CCOc1ccc(CCl)cc1. The van der Waals surface area contributed by atoms with Crippen LogP contribution in [0.25, 0.3) is 0 Å². The summed E-state index contributed by atoms with van der Waals surface area (Å²) < 4.78 is 5.04. The molecule has 0 saturated carbocycles. The zero-order valence-corrected chi connectivity index (χ0v) is 7.25. The molecule has 3 heteroatoms. The third-order valence-electron chi connectivity index (χ3n) is 1.40. The molecule has 0 aliphatic carbocycles. The van der Waals surface area contributed by atoms with E-state index in [1.54, 1.807) is 12.1 Å². The van der Waals surface area contributed by atoms with Crippen molar-refractivity contribution >= 4 is 17.9 Å². The summed E-state index contributed by atoms with van der Waals surface area (Å²) in [6.45, 7) is 0.0974. The molecule has 64 valence electrons. The molecule has 0 spiro atoms. The number of carbonyl (C=O) groups is 1. The van der Waals surface area contributed by atoms with Gasteiger partial charge in [-0.15, -0.1) is 11.6 Å². The summed E-state index contributed by atoms with van der Waals surface area (Å²) in [5.41, 5.74) is 1.04. The minimum atomic E-state index is 0.0974. The third-order valence-corrected chi connectivity index (χ3v) is 1.70. The average Bonchev–Trinajstić information content (AvgIpc) is 2.15. The van der Waals surface area contributed by atoms with Crippen molar-refractivity contribution in [3.8, 4) is 5.75 Å². The van der Waals surface area contributed by atoms with Crippen molar-refractivity contribution in [3.63, 3.8) is 0 Å². The Labute approximate surface area is 76.1 Å². The normalized spacial score (nSPS) is 9.42. The highest BCUT2D eigenvalue weighted by molar-refractivity contribution is 6.17. The van der Waals surface area contributed by atoms with Gasteiger partial charge in [0, 0.05) is 5.88 Å². The van der Waals surface area contributed by atoms with E-state index in [0.717, 1.165) is 11.8 Å². The fraction of sp³-hybridized carbons (Fsp3) is 0.222. The Morgan fingerprint density at radius 2 is 2.00 bits per heavy atom. The maximum absolute atomic E-state index is 9.96. The van der Waals surface area contributed by atoms with Crippen LogP contribution in [0.3, 0.4) is 0 Å². The number of ether oxygens (including phenoxy) is 1. The molecule has 1 aromatic rings. The summed E-state index contributed by atoms with van der Waals surface area (Å²) in [6, 6.07) is 7.32. The first-order chi connectivity index (χ1) is 5.86. The number of carbonyl (C=O) groups excluding carboxylic acids is 1. The summed E-state index contributed by atoms with van der Waals surface area (Å²) in [6.07, 6.45) is 0.718. The van der Waals surface area contributed by atoms with Crippen molar-refractivity contribution in [2.75, 3.05) is 6.61 Å². The molecule has 0 heterocycles. The lowest BCUT2D eigenvalue weighted by atomic mass is 10.2. The van der Waals surface area contributed by atoms with E-state index < -0.39 is 0 Å². The van der Waals surface area contributed by atoms with Gasteiger partial charge in [-0.3, -0.25) is 4.79 Å². The third kappa shape index (κ3) is 2.55. The maximum Gasteiger partial charge on any atom is 0.157 e. The summed E-state index contributed by atoms with van der Waals surface area (Å²) in [5.74, 6) is 1.18.